The van der Waals surface area contributed by atoms with Gasteiger partial charge in [-0.25, -0.2) is 0 Å². The van der Waals surface area contributed by atoms with Crippen LogP contribution in [-0.2, 0) is 6.42 Å². The van der Waals surface area contributed by atoms with E-state index in [0.29, 0.717) is 27.7 Å². The second-order valence-corrected chi connectivity index (χ2v) is 5.70. The molecule has 0 bridgehead atoms. The topological polar surface area (TPSA) is 72.2 Å². The molecule has 22 heavy (non-hydrogen) atoms. The van der Waals surface area contributed by atoms with E-state index in [2.05, 4.69) is 21.2 Å². The predicted molar refractivity (Wildman–Crippen MR) is 89.3 cm³/mol. The van der Waals surface area contributed by atoms with Crippen LogP contribution in [0.15, 0.2) is 40.9 Å². The number of halogens is 1. The summed E-state index contributed by atoms with van der Waals surface area (Å²) in [5.41, 5.74) is 2.60. The monoisotopic (exact) mass is 362 g/mol. The quantitative estimate of drug-likeness (QED) is 0.643. The molecule has 0 atom stereocenters. The van der Waals surface area contributed by atoms with E-state index in [1.54, 1.807) is 25.1 Å². The first-order chi connectivity index (χ1) is 10.4. The highest BCUT2D eigenvalue weighted by Crippen LogP contribution is 2.28. The van der Waals surface area contributed by atoms with E-state index in [9.17, 15) is 14.9 Å². The maximum absolute atomic E-state index is 12.4. The van der Waals surface area contributed by atoms with Crippen molar-refractivity contribution in [3.63, 3.8) is 0 Å². The summed E-state index contributed by atoms with van der Waals surface area (Å²) in [6, 6.07) is 10.1. The first kappa shape index (κ1) is 16.2. The van der Waals surface area contributed by atoms with Crippen LogP contribution in [-0.4, -0.2) is 10.8 Å². The van der Waals surface area contributed by atoms with Crippen LogP contribution in [0.3, 0.4) is 0 Å². The van der Waals surface area contributed by atoms with E-state index in [0.717, 1.165) is 5.56 Å². The average molecular weight is 363 g/mol. The zero-order valence-corrected chi connectivity index (χ0v) is 13.8. The Hall–Kier alpha value is -2.21. The third-order valence-corrected chi connectivity index (χ3v) is 4.04. The van der Waals surface area contributed by atoms with Gasteiger partial charge in [0.2, 0.25) is 0 Å². The second-order valence-electron chi connectivity index (χ2n) is 4.84. The Labute approximate surface area is 136 Å². The van der Waals surface area contributed by atoms with E-state index >= 15 is 0 Å². The number of carbonyl (C=O) groups is 1. The maximum atomic E-state index is 12.4. The highest BCUT2D eigenvalue weighted by molar-refractivity contribution is 9.10. The number of hydrogen-bond acceptors (Lipinski definition) is 3. The number of amides is 1. The summed E-state index contributed by atoms with van der Waals surface area (Å²) in [7, 11) is 0. The highest BCUT2D eigenvalue weighted by atomic mass is 79.9. The standard InChI is InChI=1S/C16H15BrN2O3/c1-3-11-9-12(19(21)22)8-10(2)15(11)18-16(20)13-6-4-5-7-14(13)17/h4-9H,3H2,1-2H3,(H,18,20). The van der Waals surface area contributed by atoms with Crippen LogP contribution in [0, 0.1) is 17.0 Å². The van der Waals surface area contributed by atoms with Crippen molar-refractivity contribution in [2.45, 2.75) is 20.3 Å². The summed E-state index contributed by atoms with van der Waals surface area (Å²) in [5.74, 6) is -0.251. The van der Waals surface area contributed by atoms with Gasteiger partial charge in [0.25, 0.3) is 11.6 Å². The van der Waals surface area contributed by atoms with E-state index < -0.39 is 4.92 Å². The molecule has 5 nitrogen and oxygen atoms in total. The fourth-order valence-electron chi connectivity index (χ4n) is 2.23. The molecule has 114 valence electrons. The van der Waals surface area contributed by atoms with Crippen molar-refractivity contribution in [2.75, 3.05) is 5.32 Å². The Morgan fingerprint density at radius 2 is 2.00 bits per heavy atom. The lowest BCUT2D eigenvalue weighted by Gasteiger charge is -2.13. The molecule has 0 heterocycles. The van der Waals surface area contributed by atoms with Crippen LogP contribution >= 0.6 is 15.9 Å². The van der Waals surface area contributed by atoms with Gasteiger partial charge >= 0.3 is 0 Å². The van der Waals surface area contributed by atoms with Crippen LogP contribution in [0.1, 0.15) is 28.4 Å². The van der Waals surface area contributed by atoms with Gasteiger partial charge in [0, 0.05) is 22.3 Å². The summed E-state index contributed by atoms with van der Waals surface area (Å²) in [6.45, 7) is 3.65. The van der Waals surface area contributed by atoms with Gasteiger partial charge in [0.15, 0.2) is 0 Å². The van der Waals surface area contributed by atoms with E-state index in [1.165, 1.54) is 12.1 Å². The molecule has 0 saturated carbocycles. The Balaban J connectivity index is 2.39. The van der Waals surface area contributed by atoms with E-state index in [1.807, 2.05) is 13.0 Å². The molecule has 1 amide bonds. The molecule has 2 rings (SSSR count). The first-order valence-electron chi connectivity index (χ1n) is 6.77. The fraction of sp³-hybridized carbons (Fsp3) is 0.188. The van der Waals surface area contributed by atoms with Gasteiger partial charge in [0.05, 0.1) is 10.5 Å². The van der Waals surface area contributed by atoms with Crippen molar-refractivity contribution in [2.24, 2.45) is 0 Å². The fourth-order valence-corrected chi connectivity index (χ4v) is 2.69. The molecular formula is C16H15BrN2O3. The zero-order valence-electron chi connectivity index (χ0n) is 12.2. The number of rotatable bonds is 4. The van der Waals surface area contributed by atoms with Crippen molar-refractivity contribution >= 4 is 33.2 Å². The zero-order chi connectivity index (χ0) is 16.3. The van der Waals surface area contributed by atoms with Crippen LogP contribution in [0.5, 0.6) is 0 Å². The molecule has 2 aromatic carbocycles. The number of hydrogen-bond donors (Lipinski definition) is 1. The van der Waals surface area contributed by atoms with Crippen molar-refractivity contribution < 1.29 is 9.72 Å². The third kappa shape index (κ3) is 3.33. The molecule has 0 aliphatic rings. The SMILES string of the molecule is CCc1cc([N+](=O)[O-])cc(C)c1NC(=O)c1ccccc1Br. The van der Waals surface area contributed by atoms with Gasteiger partial charge in [0.1, 0.15) is 0 Å². The van der Waals surface area contributed by atoms with E-state index in [4.69, 9.17) is 0 Å². The lowest BCUT2D eigenvalue weighted by atomic mass is 10.0. The number of nitro groups is 1. The third-order valence-electron chi connectivity index (χ3n) is 3.35. The molecule has 0 unspecified atom stereocenters. The van der Waals surface area contributed by atoms with Crippen molar-refractivity contribution in [3.05, 3.63) is 67.7 Å². The smallest absolute Gasteiger partial charge is 0.270 e. The maximum Gasteiger partial charge on any atom is 0.270 e. The molecule has 0 radical (unpaired) electrons. The van der Waals surface area contributed by atoms with Crippen LogP contribution < -0.4 is 5.32 Å². The van der Waals surface area contributed by atoms with Crippen LogP contribution in [0.2, 0.25) is 0 Å². The van der Waals surface area contributed by atoms with Crippen molar-refractivity contribution in [3.8, 4) is 0 Å². The van der Waals surface area contributed by atoms with E-state index in [-0.39, 0.29) is 11.6 Å². The van der Waals surface area contributed by atoms with Crippen LogP contribution in [0.4, 0.5) is 11.4 Å². The predicted octanol–water partition coefficient (Wildman–Crippen LogP) is 4.48. The summed E-state index contributed by atoms with van der Waals surface area (Å²) in [4.78, 5) is 22.9. The van der Waals surface area contributed by atoms with Gasteiger partial charge in [-0.2, -0.15) is 0 Å². The molecule has 1 N–H and O–H groups in total. The molecular weight excluding hydrogens is 348 g/mol. The van der Waals surface area contributed by atoms with Crippen molar-refractivity contribution in [1.29, 1.82) is 0 Å². The number of nitro benzene ring substituents is 1. The molecule has 0 aliphatic carbocycles. The van der Waals surface area contributed by atoms with Gasteiger partial charge < -0.3 is 5.32 Å². The van der Waals surface area contributed by atoms with Gasteiger partial charge in [-0.3, -0.25) is 14.9 Å². The van der Waals surface area contributed by atoms with Crippen molar-refractivity contribution in [1.82, 2.24) is 0 Å². The number of nitrogens with zero attached hydrogens (tertiary/aromatic N) is 1. The first-order valence-corrected chi connectivity index (χ1v) is 7.57. The summed E-state index contributed by atoms with van der Waals surface area (Å²) >= 11 is 3.34. The molecule has 0 aliphatic heterocycles. The number of anilines is 1. The Morgan fingerprint density at radius 1 is 1.32 bits per heavy atom. The molecule has 0 spiro atoms. The molecule has 2 aromatic rings. The Morgan fingerprint density at radius 3 is 2.59 bits per heavy atom. The number of carbonyl (C=O) groups excluding carboxylic acids is 1. The molecule has 0 saturated heterocycles. The minimum Gasteiger partial charge on any atom is -0.321 e. The average Bonchev–Trinajstić information content (AvgIpc) is 2.49. The normalized spacial score (nSPS) is 10.3. The second kappa shape index (κ2) is 6.70. The minimum absolute atomic E-state index is 0.0354. The summed E-state index contributed by atoms with van der Waals surface area (Å²) in [6.07, 6.45) is 0.591. The Kier molecular flexibility index (Phi) is 4.92. The van der Waals surface area contributed by atoms with Gasteiger partial charge in [-0.05, 0) is 52.5 Å². The number of non-ortho nitro benzene ring substituents is 1. The van der Waals surface area contributed by atoms with Gasteiger partial charge in [-0.1, -0.05) is 19.1 Å². The minimum atomic E-state index is -0.425. The number of nitrogens with one attached hydrogen (secondary N) is 1. The van der Waals surface area contributed by atoms with Gasteiger partial charge in [-0.15, -0.1) is 0 Å². The molecule has 0 fully saturated rings. The lowest BCUT2D eigenvalue weighted by molar-refractivity contribution is -0.384. The van der Waals surface area contributed by atoms with Crippen LogP contribution in [0.25, 0.3) is 0 Å². The molecule has 6 heteroatoms. The number of aryl methyl sites for hydroxylation is 2. The largest absolute Gasteiger partial charge is 0.321 e. The Bertz CT molecular complexity index is 744. The summed E-state index contributed by atoms with van der Waals surface area (Å²) < 4.78 is 0.699. The highest BCUT2D eigenvalue weighted by Gasteiger charge is 2.17. The lowest BCUT2D eigenvalue weighted by Crippen LogP contribution is -2.15. The molecule has 0 aromatic heterocycles. The summed E-state index contributed by atoms with van der Waals surface area (Å²) in [5, 5.41) is 13.8. The number of benzene rings is 2.